The minimum atomic E-state index is -0.131. The third-order valence-corrected chi connectivity index (χ3v) is 5.19. The molecular weight excluding hydrogens is 376 g/mol. The molecule has 0 saturated carbocycles. The molecular formula is C23H24N6O. The standard InChI is InChI=1S/C23H24N6O/c1-4-16-8-9-17(23(30)26-13-18-7-5-6-10-24-18)11-20(16)29(3)22-12-21-19(14-25-22)27-15-28(21)2/h5-12,14-15H,4,13H2,1-3H3,(H,26,30). The molecule has 0 saturated heterocycles. The van der Waals surface area contributed by atoms with Gasteiger partial charge in [-0.15, -0.1) is 0 Å². The summed E-state index contributed by atoms with van der Waals surface area (Å²) in [5.74, 6) is 0.667. The van der Waals surface area contributed by atoms with Crippen molar-refractivity contribution >= 4 is 28.4 Å². The molecule has 0 fully saturated rings. The third kappa shape index (κ3) is 3.87. The summed E-state index contributed by atoms with van der Waals surface area (Å²) in [6.45, 7) is 2.49. The lowest BCUT2D eigenvalue weighted by molar-refractivity contribution is 0.0950. The fourth-order valence-electron chi connectivity index (χ4n) is 3.42. The number of amides is 1. The summed E-state index contributed by atoms with van der Waals surface area (Å²) in [5, 5.41) is 2.94. The predicted octanol–water partition coefficient (Wildman–Crippen LogP) is 3.62. The van der Waals surface area contributed by atoms with Crippen LogP contribution in [-0.4, -0.2) is 32.5 Å². The van der Waals surface area contributed by atoms with Gasteiger partial charge in [-0.2, -0.15) is 0 Å². The number of aromatic nitrogens is 4. The number of nitrogens with one attached hydrogen (secondary N) is 1. The Labute approximate surface area is 175 Å². The topological polar surface area (TPSA) is 75.9 Å². The van der Waals surface area contributed by atoms with E-state index in [2.05, 4.69) is 27.2 Å². The monoisotopic (exact) mass is 400 g/mol. The molecule has 0 aliphatic rings. The lowest BCUT2D eigenvalue weighted by atomic mass is 10.1. The van der Waals surface area contributed by atoms with Crippen LogP contribution in [-0.2, 0) is 20.0 Å². The van der Waals surface area contributed by atoms with Crippen molar-refractivity contribution in [2.24, 2.45) is 7.05 Å². The van der Waals surface area contributed by atoms with Crippen LogP contribution in [0.4, 0.5) is 11.5 Å². The number of rotatable bonds is 6. The van der Waals surface area contributed by atoms with Gasteiger partial charge in [0, 0.05) is 37.6 Å². The zero-order valence-corrected chi connectivity index (χ0v) is 17.3. The highest BCUT2D eigenvalue weighted by Crippen LogP contribution is 2.29. The number of anilines is 2. The second kappa shape index (κ2) is 8.32. The van der Waals surface area contributed by atoms with E-state index in [0.29, 0.717) is 12.1 Å². The quantitative estimate of drug-likeness (QED) is 0.535. The van der Waals surface area contributed by atoms with Crippen LogP contribution in [0.15, 0.2) is 61.2 Å². The van der Waals surface area contributed by atoms with E-state index in [1.54, 1.807) is 18.7 Å². The fraction of sp³-hybridized carbons (Fsp3) is 0.217. The molecule has 0 bridgehead atoms. The first kappa shape index (κ1) is 19.6. The lowest BCUT2D eigenvalue weighted by Gasteiger charge is -2.22. The maximum Gasteiger partial charge on any atom is 0.251 e. The fourth-order valence-corrected chi connectivity index (χ4v) is 3.42. The summed E-state index contributed by atoms with van der Waals surface area (Å²) >= 11 is 0. The Morgan fingerprint density at radius 3 is 2.77 bits per heavy atom. The van der Waals surface area contributed by atoms with Gasteiger partial charge in [-0.05, 0) is 36.2 Å². The highest BCUT2D eigenvalue weighted by molar-refractivity contribution is 5.95. The molecule has 0 radical (unpaired) electrons. The molecule has 1 N–H and O–H groups in total. The van der Waals surface area contributed by atoms with E-state index in [-0.39, 0.29) is 5.91 Å². The molecule has 0 aliphatic heterocycles. The first-order valence-corrected chi connectivity index (χ1v) is 9.88. The summed E-state index contributed by atoms with van der Waals surface area (Å²) in [4.78, 5) is 27.9. The van der Waals surface area contributed by atoms with Crippen molar-refractivity contribution in [1.29, 1.82) is 0 Å². The highest BCUT2D eigenvalue weighted by atomic mass is 16.1. The summed E-state index contributed by atoms with van der Waals surface area (Å²) in [6, 6.07) is 13.4. The van der Waals surface area contributed by atoms with Gasteiger partial charge in [0.2, 0.25) is 0 Å². The largest absolute Gasteiger partial charge is 0.346 e. The Bertz CT molecular complexity index is 1190. The van der Waals surface area contributed by atoms with Gasteiger partial charge in [0.05, 0.1) is 30.3 Å². The summed E-state index contributed by atoms with van der Waals surface area (Å²) in [5.41, 5.74) is 5.39. The Hall–Kier alpha value is -3.74. The summed E-state index contributed by atoms with van der Waals surface area (Å²) < 4.78 is 1.97. The number of hydrogen-bond donors (Lipinski definition) is 1. The molecule has 152 valence electrons. The molecule has 4 aromatic rings. The Kier molecular flexibility index (Phi) is 5.43. The van der Waals surface area contributed by atoms with E-state index < -0.39 is 0 Å². The van der Waals surface area contributed by atoms with Gasteiger partial charge in [-0.25, -0.2) is 9.97 Å². The maximum absolute atomic E-state index is 12.7. The zero-order valence-electron chi connectivity index (χ0n) is 17.3. The Morgan fingerprint density at radius 2 is 2.00 bits per heavy atom. The summed E-state index contributed by atoms with van der Waals surface area (Å²) in [6.07, 6.45) is 6.12. The molecule has 0 unspecified atom stereocenters. The zero-order chi connectivity index (χ0) is 21.1. The number of carbonyl (C=O) groups excluding carboxylic acids is 1. The number of benzene rings is 1. The van der Waals surface area contributed by atoms with Crippen LogP contribution >= 0.6 is 0 Å². The van der Waals surface area contributed by atoms with Gasteiger partial charge in [0.1, 0.15) is 11.3 Å². The number of aryl methyl sites for hydroxylation is 2. The van der Waals surface area contributed by atoms with Gasteiger partial charge < -0.3 is 14.8 Å². The number of pyridine rings is 2. The van der Waals surface area contributed by atoms with Crippen molar-refractivity contribution < 1.29 is 4.79 Å². The second-order valence-electron chi connectivity index (χ2n) is 7.15. The molecule has 0 atom stereocenters. The van der Waals surface area contributed by atoms with Crippen LogP contribution in [0.5, 0.6) is 0 Å². The minimum absolute atomic E-state index is 0.131. The molecule has 7 heteroatoms. The first-order chi connectivity index (χ1) is 14.6. The SMILES string of the molecule is CCc1ccc(C(=O)NCc2ccccn2)cc1N(C)c1cc2c(cn1)ncn2C. The minimum Gasteiger partial charge on any atom is -0.346 e. The van der Waals surface area contributed by atoms with Crippen molar-refractivity contribution in [2.45, 2.75) is 19.9 Å². The number of nitrogens with zero attached hydrogens (tertiary/aromatic N) is 5. The first-order valence-electron chi connectivity index (χ1n) is 9.88. The van der Waals surface area contributed by atoms with Crippen LogP contribution < -0.4 is 10.2 Å². The number of fused-ring (bicyclic) bond motifs is 1. The molecule has 30 heavy (non-hydrogen) atoms. The van der Waals surface area contributed by atoms with Gasteiger partial charge in [-0.3, -0.25) is 9.78 Å². The van der Waals surface area contributed by atoms with Crippen LogP contribution in [0.3, 0.4) is 0 Å². The van der Waals surface area contributed by atoms with E-state index in [1.807, 2.05) is 66.0 Å². The number of hydrogen-bond acceptors (Lipinski definition) is 5. The molecule has 1 amide bonds. The van der Waals surface area contributed by atoms with Crippen molar-refractivity contribution in [3.05, 3.63) is 78.0 Å². The summed E-state index contributed by atoms with van der Waals surface area (Å²) in [7, 11) is 3.93. The number of carbonyl (C=O) groups is 1. The molecule has 7 nitrogen and oxygen atoms in total. The van der Waals surface area contributed by atoms with Crippen LogP contribution in [0.2, 0.25) is 0 Å². The smallest absolute Gasteiger partial charge is 0.251 e. The lowest BCUT2D eigenvalue weighted by Crippen LogP contribution is -2.24. The van der Waals surface area contributed by atoms with E-state index in [9.17, 15) is 4.79 Å². The van der Waals surface area contributed by atoms with Crippen molar-refractivity contribution in [3.63, 3.8) is 0 Å². The van der Waals surface area contributed by atoms with Crippen LogP contribution in [0.1, 0.15) is 28.5 Å². The Balaban J connectivity index is 1.61. The Morgan fingerprint density at radius 1 is 1.13 bits per heavy atom. The van der Waals surface area contributed by atoms with Crippen molar-refractivity contribution in [3.8, 4) is 0 Å². The average molecular weight is 400 g/mol. The van der Waals surface area contributed by atoms with E-state index in [1.165, 1.54) is 0 Å². The van der Waals surface area contributed by atoms with Gasteiger partial charge in [0.15, 0.2) is 0 Å². The molecule has 0 spiro atoms. The highest BCUT2D eigenvalue weighted by Gasteiger charge is 2.15. The van der Waals surface area contributed by atoms with Crippen LogP contribution in [0.25, 0.3) is 11.0 Å². The molecule has 0 aliphatic carbocycles. The van der Waals surface area contributed by atoms with Gasteiger partial charge in [-0.1, -0.05) is 19.1 Å². The molecule has 4 rings (SSSR count). The van der Waals surface area contributed by atoms with Crippen LogP contribution in [0, 0.1) is 0 Å². The molecule has 1 aromatic carbocycles. The third-order valence-electron chi connectivity index (χ3n) is 5.19. The normalized spacial score (nSPS) is 10.9. The number of imidazole rings is 1. The maximum atomic E-state index is 12.7. The van der Waals surface area contributed by atoms with Gasteiger partial charge >= 0.3 is 0 Å². The molecule has 3 aromatic heterocycles. The van der Waals surface area contributed by atoms with E-state index >= 15 is 0 Å². The van der Waals surface area contributed by atoms with Crippen molar-refractivity contribution in [2.75, 3.05) is 11.9 Å². The second-order valence-corrected chi connectivity index (χ2v) is 7.15. The van der Waals surface area contributed by atoms with Gasteiger partial charge in [0.25, 0.3) is 5.91 Å². The van der Waals surface area contributed by atoms with E-state index in [4.69, 9.17) is 0 Å². The van der Waals surface area contributed by atoms with Crippen molar-refractivity contribution in [1.82, 2.24) is 24.8 Å². The predicted molar refractivity (Wildman–Crippen MR) is 118 cm³/mol. The molecule has 3 heterocycles. The average Bonchev–Trinajstić information content (AvgIpc) is 3.17. The van der Waals surface area contributed by atoms with E-state index in [0.717, 1.165) is 40.2 Å².